The quantitative estimate of drug-likeness (QED) is 0.229. The highest BCUT2D eigenvalue weighted by molar-refractivity contribution is 5.82. The van der Waals surface area contributed by atoms with Gasteiger partial charge in [0.1, 0.15) is 6.23 Å². The van der Waals surface area contributed by atoms with Gasteiger partial charge in [-0.2, -0.15) is 10.5 Å². The third kappa shape index (κ3) is 3.43. The Labute approximate surface area is 93.3 Å². The third-order valence-corrected chi connectivity index (χ3v) is 1.82. The topological polar surface area (TPSA) is 91.0 Å². The van der Waals surface area contributed by atoms with E-state index in [9.17, 15) is 9.90 Å². The van der Waals surface area contributed by atoms with Gasteiger partial charge in [0.2, 0.25) is 0 Å². The molecule has 0 aliphatic heterocycles. The summed E-state index contributed by atoms with van der Waals surface area (Å²) in [5, 5.41) is 10.3. The van der Waals surface area contributed by atoms with Crippen molar-refractivity contribution in [1.29, 1.82) is 0 Å². The zero-order chi connectivity index (χ0) is 12.0. The van der Waals surface area contributed by atoms with Crippen LogP contribution in [0.3, 0.4) is 0 Å². The number of nitrogens with one attached hydrogen (secondary N) is 1. The third-order valence-electron chi connectivity index (χ3n) is 1.82. The maximum atomic E-state index is 11.1. The zero-order valence-electron chi connectivity index (χ0n) is 8.87. The normalized spacial score (nSPS) is 12.7. The molecule has 0 aliphatic carbocycles. The lowest BCUT2D eigenvalue weighted by Gasteiger charge is -2.19. The van der Waals surface area contributed by atoms with Gasteiger partial charge in [0.05, 0.1) is 0 Å². The molecule has 4 N–H and O–H groups in total. The predicted molar refractivity (Wildman–Crippen MR) is 60.1 cm³/mol. The molecule has 86 valence electrons. The molecule has 1 rings (SSSR count). The summed E-state index contributed by atoms with van der Waals surface area (Å²) in [6, 6.07) is 8.10. The van der Waals surface area contributed by atoms with Crippen molar-refractivity contribution >= 4 is 12.2 Å². The van der Waals surface area contributed by atoms with E-state index >= 15 is 0 Å². The fourth-order valence-electron chi connectivity index (χ4n) is 1.07. The number of aliphatic imine (C=N–C) groups is 1. The molecule has 0 saturated carbocycles. The van der Waals surface area contributed by atoms with Crippen LogP contribution >= 0.6 is 0 Å². The number of hydrazine groups is 2. The van der Waals surface area contributed by atoms with Gasteiger partial charge in [-0.25, -0.2) is 15.6 Å². The fraction of sp³-hybridized carbons (Fsp3) is 0.200. The maximum absolute atomic E-state index is 11.1. The van der Waals surface area contributed by atoms with Crippen LogP contribution in [0, 0.1) is 0 Å². The first-order chi connectivity index (χ1) is 7.65. The molecule has 0 bridgehead atoms. The van der Waals surface area contributed by atoms with Crippen LogP contribution in [-0.4, -0.2) is 22.5 Å². The van der Waals surface area contributed by atoms with Gasteiger partial charge in [-0.15, -0.1) is 0 Å². The van der Waals surface area contributed by atoms with Crippen LogP contribution in [0.15, 0.2) is 35.3 Å². The van der Waals surface area contributed by atoms with Gasteiger partial charge < -0.3 is 5.11 Å². The summed E-state index contributed by atoms with van der Waals surface area (Å²) in [5.41, 5.74) is 2.99. The van der Waals surface area contributed by atoms with E-state index in [2.05, 4.69) is 10.4 Å². The monoisotopic (exact) mass is 222 g/mol. The van der Waals surface area contributed by atoms with Crippen molar-refractivity contribution in [2.24, 2.45) is 10.8 Å². The molecule has 0 spiro atoms. The minimum absolute atomic E-state index is 0.603. The Morgan fingerprint density at radius 3 is 2.75 bits per heavy atom. The van der Waals surface area contributed by atoms with Gasteiger partial charge in [-0.05, 0) is 12.5 Å². The van der Waals surface area contributed by atoms with Crippen molar-refractivity contribution in [2.75, 3.05) is 0 Å². The van der Waals surface area contributed by atoms with Crippen LogP contribution in [0.2, 0.25) is 0 Å². The van der Waals surface area contributed by atoms with Gasteiger partial charge in [0, 0.05) is 6.21 Å². The van der Waals surface area contributed by atoms with Gasteiger partial charge >= 0.3 is 6.03 Å². The SMILES string of the molecule is CC=NC(=O)N(N)NC(O)c1ccccc1. The molecule has 16 heavy (non-hydrogen) atoms. The van der Waals surface area contributed by atoms with E-state index in [1.165, 1.54) is 6.21 Å². The number of amides is 2. The van der Waals surface area contributed by atoms with Gasteiger partial charge in [-0.1, -0.05) is 30.3 Å². The highest BCUT2D eigenvalue weighted by atomic mass is 16.3. The second-order valence-corrected chi connectivity index (χ2v) is 2.98. The van der Waals surface area contributed by atoms with E-state index in [1.807, 2.05) is 6.07 Å². The van der Waals surface area contributed by atoms with Gasteiger partial charge in [0.15, 0.2) is 0 Å². The number of aliphatic hydroxyl groups excluding tert-OH is 1. The zero-order valence-corrected chi connectivity index (χ0v) is 8.87. The molecule has 0 aromatic heterocycles. The summed E-state index contributed by atoms with van der Waals surface area (Å²) < 4.78 is 0. The number of rotatable bonds is 3. The summed E-state index contributed by atoms with van der Waals surface area (Å²) in [5.74, 6) is 5.34. The van der Waals surface area contributed by atoms with Crippen molar-refractivity contribution < 1.29 is 9.90 Å². The van der Waals surface area contributed by atoms with Crippen molar-refractivity contribution in [3.05, 3.63) is 35.9 Å². The highest BCUT2D eigenvalue weighted by Crippen LogP contribution is 2.08. The lowest BCUT2D eigenvalue weighted by Crippen LogP contribution is -2.48. The molecule has 1 aromatic carbocycles. The molecule has 6 nitrogen and oxygen atoms in total. The number of hydrogen-bond acceptors (Lipinski definition) is 4. The van der Waals surface area contributed by atoms with Crippen molar-refractivity contribution in [3.63, 3.8) is 0 Å². The van der Waals surface area contributed by atoms with Crippen molar-refractivity contribution in [3.8, 4) is 0 Å². The number of urea groups is 1. The minimum atomic E-state index is -1.05. The number of nitrogens with zero attached hydrogens (tertiary/aromatic N) is 2. The van der Waals surface area contributed by atoms with Crippen LogP contribution in [0.4, 0.5) is 4.79 Å². The first-order valence-corrected chi connectivity index (χ1v) is 4.71. The van der Waals surface area contributed by atoms with Crippen LogP contribution in [0.25, 0.3) is 0 Å². The number of benzene rings is 1. The molecule has 0 aliphatic rings. The molecule has 1 unspecified atom stereocenters. The average molecular weight is 222 g/mol. The molecule has 1 aromatic rings. The van der Waals surface area contributed by atoms with Crippen molar-refractivity contribution in [2.45, 2.75) is 13.2 Å². The van der Waals surface area contributed by atoms with Gasteiger partial charge in [0.25, 0.3) is 0 Å². The Bertz CT molecular complexity index is 366. The Morgan fingerprint density at radius 2 is 2.19 bits per heavy atom. The van der Waals surface area contributed by atoms with E-state index in [0.717, 1.165) is 0 Å². The predicted octanol–water partition coefficient (Wildman–Crippen LogP) is 0.568. The first-order valence-electron chi connectivity index (χ1n) is 4.71. The number of carbonyl (C=O) groups excluding carboxylic acids is 1. The molecular weight excluding hydrogens is 208 g/mol. The molecule has 1 atom stereocenters. The molecule has 0 saturated heterocycles. The second-order valence-electron chi connectivity index (χ2n) is 2.98. The largest absolute Gasteiger partial charge is 0.373 e. The van der Waals surface area contributed by atoms with Gasteiger partial charge in [-0.3, -0.25) is 0 Å². The molecule has 6 heteroatoms. The van der Waals surface area contributed by atoms with Crippen LogP contribution in [-0.2, 0) is 0 Å². The number of carbonyl (C=O) groups is 1. The summed E-state index contributed by atoms with van der Waals surface area (Å²) in [6.45, 7) is 1.60. The van der Waals surface area contributed by atoms with Crippen molar-refractivity contribution in [1.82, 2.24) is 10.5 Å². The van der Waals surface area contributed by atoms with Crippen LogP contribution in [0.1, 0.15) is 18.7 Å². The number of hydrogen-bond donors (Lipinski definition) is 3. The Morgan fingerprint density at radius 1 is 1.56 bits per heavy atom. The smallest absolute Gasteiger partial charge is 0.372 e. The Balaban J connectivity index is 2.58. The second kappa shape index (κ2) is 5.96. The summed E-state index contributed by atoms with van der Waals surface area (Å²) >= 11 is 0. The maximum Gasteiger partial charge on any atom is 0.372 e. The lowest BCUT2D eigenvalue weighted by atomic mass is 10.2. The summed E-state index contributed by atoms with van der Waals surface area (Å²) in [7, 11) is 0. The Kier molecular flexibility index (Phi) is 4.59. The van der Waals surface area contributed by atoms with E-state index in [0.29, 0.717) is 10.7 Å². The molecule has 0 heterocycles. The lowest BCUT2D eigenvalue weighted by molar-refractivity contribution is 0.0557. The summed E-state index contributed by atoms with van der Waals surface area (Å²) in [6.07, 6.45) is 0.265. The molecular formula is C10H14N4O2. The van der Waals surface area contributed by atoms with Crippen LogP contribution < -0.4 is 11.3 Å². The highest BCUT2D eigenvalue weighted by Gasteiger charge is 2.12. The fourth-order valence-corrected chi connectivity index (χ4v) is 1.07. The molecule has 0 radical (unpaired) electrons. The molecule has 0 fully saturated rings. The molecule has 2 amide bonds. The number of aliphatic hydroxyl groups is 1. The van der Waals surface area contributed by atoms with E-state index < -0.39 is 12.3 Å². The van der Waals surface area contributed by atoms with E-state index in [-0.39, 0.29) is 0 Å². The average Bonchev–Trinajstić information content (AvgIpc) is 2.30. The van der Waals surface area contributed by atoms with E-state index in [4.69, 9.17) is 5.84 Å². The standard InChI is InChI=1S/C10H14N4O2/c1-2-12-10(16)14(11)13-9(15)8-6-4-3-5-7-8/h2-7,9,13,15H,11H2,1H3. The van der Waals surface area contributed by atoms with E-state index in [1.54, 1.807) is 31.2 Å². The summed E-state index contributed by atoms with van der Waals surface area (Å²) in [4.78, 5) is 14.6. The number of nitrogens with two attached hydrogens (primary N) is 1. The Hall–Kier alpha value is -1.76. The van der Waals surface area contributed by atoms with Crippen LogP contribution in [0.5, 0.6) is 0 Å². The minimum Gasteiger partial charge on any atom is -0.373 e. The first kappa shape index (κ1) is 12.3.